The molecule has 0 radical (unpaired) electrons. The Morgan fingerprint density at radius 2 is 2.42 bits per heavy atom. The van der Waals surface area contributed by atoms with E-state index in [1.165, 1.54) is 0 Å². The van der Waals surface area contributed by atoms with E-state index in [0.717, 1.165) is 18.8 Å². The number of nitrogens with zero attached hydrogens (tertiary/aromatic N) is 2. The van der Waals surface area contributed by atoms with Crippen molar-refractivity contribution in [2.24, 2.45) is 0 Å². The van der Waals surface area contributed by atoms with Gasteiger partial charge in [0.25, 0.3) is 0 Å². The van der Waals surface area contributed by atoms with Gasteiger partial charge in [-0.15, -0.1) is 0 Å². The lowest BCUT2D eigenvalue weighted by molar-refractivity contribution is 0.969. The van der Waals surface area contributed by atoms with Crippen LogP contribution in [-0.2, 0) is 0 Å². The maximum absolute atomic E-state index is 8.49. The first kappa shape index (κ1) is 8.54. The van der Waals surface area contributed by atoms with Crippen LogP contribution in [0.5, 0.6) is 0 Å². The molecule has 3 heteroatoms. The summed E-state index contributed by atoms with van der Waals surface area (Å²) in [6, 6.07) is 5.59. The van der Waals surface area contributed by atoms with Crippen LogP contribution in [0.1, 0.15) is 18.9 Å². The number of aromatic nitrogens is 1. The van der Waals surface area contributed by atoms with Crippen LogP contribution in [0.25, 0.3) is 0 Å². The van der Waals surface area contributed by atoms with E-state index < -0.39 is 0 Å². The van der Waals surface area contributed by atoms with Gasteiger partial charge in [-0.1, -0.05) is 6.92 Å². The Morgan fingerprint density at radius 1 is 1.58 bits per heavy atom. The van der Waals surface area contributed by atoms with Gasteiger partial charge in [-0.3, -0.25) is 0 Å². The SMILES string of the molecule is CCCNc1ccc(C#N)cn1. The maximum atomic E-state index is 8.49. The summed E-state index contributed by atoms with van der Waals surface area (Å²) < 4.78 is 0. The van der Waals surface area contributed by atoms with Gasteiger partial charge in [0.05, 0.1) is 5.56 Å². The minimum absolute atomic E-state index is 0.594. The second-order valence-electron chi connectivity index (χ2n) is 2.47. The Kier molecular flexibility index (Phi) is 3.09. The molecule has 0 fully saturated rings. The summed E-state index contributed by atoms with van der Waals surface area (Å²) in [5.41, 5.74) is 0.594. The van der Waals surface area contributed by atoms with Gasteiger partial charge < -0.3 is 5.32 Å². The molecule has 1 aromatic rings. The molecular formula is C9H11N3. The molecule has 0 saturated carbocycles. The second kappa shape index (κ2) is 4.35. The lowest BCUT2D eigenvalue weighted by Crippen LogP contribution is -2.01. The third kappa shape index (κ3) is 2.24. The molecule has 0 aliphatic heterocycles. The number of pyridine rings is 1. The van der Waals surface area contributed by atoms with Crippen molar-refractivity contribution in [1.29, 1.82) is 5.26 Å². The van der Waals surface area contributed by atoms with Crippen LogP contribution in [0, 0.1) is 11.3 Å². The smallest absolute Gasteiger partial charge is 0.125 e. The molecule has 0 unspecified atom stereocenters. The van der Waals surface area contributed by atoms with Gasteiger partial charge in [0.1, 0.15) is 11.9 Å². The summed E-state index contributed by atoms with van der Waals surface area (Å²) in [5.74, 6) is 0.829. The Balaban J connectivity index is 2.60. The van der Waals surface area contributed by atoms with Gasteiger partial charge in [-0.25, -0.2) is 4.98 Å². The summed E-state index contributed by atoms with van der Waals surface area (Å²) in [5, 5.41) is 11.6. The highest BCUT2D eigenvalue weighted by Gasteiger charge is 1.92. The normalized spacial score (nSPS) is 9.00. The molecule has 0 amide bonds. The fourth-order valence-electron chi connectivity index (χ4n) is 0.818. The Hall–Kier alpha value is -1.56. The molecule has 0 spiro atoms. The third-order valence-electron chi connectivity index (χ3n) is 1.45. The largest absolute Gasteiger partial charge is 0.370 e. The number of rotatable bonds is 3. The summed E-state index contributed by atoms with van der Waals surface area (Å²) in [4.78, 5) is 4.05. The van der Waals surface area contributed by atoms with E-state index in [9.17, 15) is 0 Å². The van der Waals surface area contributed by atoms with E-state index in [1.807, 2.05) is 12.1 Å². The van der Waals surface area contributed by atoms with E-state index in [0.29, 0.717) is 5.56 Å². The average molecular weight is 161 g/mol. The molecular weight excluding hydrogens is 150 g/mol. The van der Waals surface area contributed by atoms with Crippen molar-refractivity contribution in [3.8, 4) is 6.07 Å². The van der Waals surface area contributed by atoms with Crippen LogP contribution >= 0.6 is 0 Å². The van der Waals surface area contributed by atoms with Crippen LogP contribution in [-0.4, -0.2) is 11.5 Å². The van der Waals surface area contributed by atoms with E-state index in [4.69, 9.17) is 5.26 Å². The lowest BCUT2D eigenvalue weighted by atomic mass is 10.3. The predicted octanol–water partition coefficient (Wildman–Crippen LogP) is 1.78. The number of nitriles is 1. The molecule has 1 N–H and O–H groups in total. The van der Waals surface area contributed by atoms with Crippen LogP contribution in [0.4, 0.5) is 5.82 Å². The highest BCUT2D eigenvalue weighted by molar-refractivity contribution is 5.38. The highest BCUT2D eigenvalue weighted by atomic mass is 15.0. The quantitative estimate of drug-likeness (QED) is 0.735. The van der Waals surface area contributed by atoms with Crippen molar-refractivity contribution in [3.63, 3.8) is 0 Å². The second-order valence-corrected chi connectivity index (χ2v) is 2.47. The molecule has 1 aromatic heterocycles. The minimum atomic E-state index is 0.594. The van der Waals surface area contributed by atoms with E-state index >= 15 is 0 Å². The first-order valence-electron chi connectivity index (χ1n) is 3.97. The van der Waals surface area contributed by atoms with Gasteiger partial charge in [0, 0.05) is 12.7 Å². The number of anilines is 1. The number of hydrogen-bond donors (Lipinski definition) is 1. The lowest BCUT2D eigenvalue weighted by Gasteiger charge is -2.01. The van der Waals surface area contributed by atoms with Crippen molar-refractivity contribution >= 4 is 5.82 Å². The maximum Gasteiger partial charge on any atom is 0.125 e. The predicted molar refractivity (Wildman–Crippen MR) is 47.7 cm³/mol. The zero-order valence-corrected chi connectivity index (χ0v) is 7.04. The molecule has 0 aliphatic carbocycles. The molecule has 0 saturated heterocycles. The zero-order chi connectivity index (χ0) is 8.81. The fourth-order valence-corrected chi connectivity index (χ4v) is 0.818. The molecule has 0 bridgehead atoms. The van der Waals surface area contributed by atoms with Gasteiger partial charge in [-0.2, -0.15) is 5.26 Å². The molecule has 1 heterocycles. The molecule has 3 nitrogen and oxygen atoms in total. The van der Waals surface area contributed by atoms with E-state index in [2.05, 4.69) is 17.2 Å². The molecule has 0 aliphatic rings. The van der Waals surface area contributed by atoms with Crippen molar-refractivity contribution in [2.45, 2.75) is 13.3 Å². The highest BCUT2D eigenvalue weighted by Crippen LogP contribution is 2.03. The van der Waals surface area contributed by atoms with Gasteiger partial charge in [0.15, 0.2) is 0 Å². The molecule has 0 aromatic carbocycles. The summed E-state index contributed by atoms with van der Waals surface area (Å²) in [6.45, 7) is 3.01. The van der Waals surface area contributed by atoms with E-state index in [1.54, 1.807) is 12.3 Å². The Bertz CT molecular complexity index is 271. The van der Waals surface area contributed by atoms with Gasteiger partial charge in [-0.05, 0) is 18.6 Å². The molecule has 12 heavy (non-hydrogen) atoms. The molecule has 62 valence electrons. The topological polar surface area (TPSA) is 48.7 Å². The fraction of sp³-hybridized carbons (Fsp3) is 0.333. The molecule has 1 rings (SSSR count). The number of hydrogen-bond acceptors (Lipinski definition) is 3. The standard InChI is InChI=1S/C9H11N3/c1-2-5-11-9-4-3-8(6-10)7-12-9/h3-4,7H,2,5H2,1H3,(H,11,12). The third-order valence-corrected chi connectivity index (χ3v) is 1.45. The average Bonchev–Trinajstić information content (AvgIpc) is 2.15. The zero-order valence-electron chi connectivity index (χ0n) is 7.04. The molecule has 0 atom stereocenters. The Morgan fingerprint density at radius 3 is 2.92 bits per heavy atom. The summed E-state index contributed by atoms with van der Waals surface area (Å²) in [6.07, 6.45) is 2.64. The van der Waals surface area contributed by atoms with Crippen molar-refractivity contribution in [1.82, 2.24) is 4.98 Å². The van der Waals surface area contributed by atoms with Gasteiger partial charge in [0.2, 0.25) is 0 Å². The van der Waals surface area contributed by atoms with Crippen molar-refractivity contribution in [3.05, 3.63) is 23.9 Å². The van der Waals surface area contributed by atoms with Crippen molar-refractivity contribution in [2.75, 3.05) is 11.9 Å². The number of nitrogens with one attached hydrogen (secondary N) is 1. The minimum Gasteiger partial charge on any atom is -0.370 e. The van der Waals surface area contributed by atoms with Crippen LogP contribution in [0.2, 0.25) is 0 Å². The van der Waals surface area contributed by atoms with Crippen LogP contribution in [0.3, 0.4) is 0 Å². The Labute approximate surface area is 72.1 Å². The van der Waals surface area contributed by atoms with E-state index in [-0.39, 0.29) is 0 Å². The van der Waals surface area contributed by atoms with Gasteiger partial charge >= 0.3 is 0 Å². The van der Waals surface area contributed by atoms with Crippen LogP contribution < -0.4 is 5.32 Å². The van der Waals surface area contributed by atoms with Crippen LogP contribution in [0.15, 0.2) is 18.3 Å². The van der Waals surface area contributed by atoms with Crippen molar-refractivity contribution < 1.29 is 0 Å². The first-order valence-corrected chi connectivity index (χ1v) is 3.97. The summed E-state index contributed by atoms with van der Waals surface area (Å²) in [7, 11) is 0. The monoisotopic (exact) mass is 161 g/mol. The first-order chi connectivity index (χ1) is 5.86. The summed E-state index contributed by atoms with van der Waals surface area (Å²) >= 11 is 0.